The largest absolute Gasteiger partial charge is 0.465 e. The number of carbonyl (C=O) groups is 1. The smallest absolute Gasteiger partial charge is 0.338 e. The molecule has 0 unspecified atom stereocenters. The normalized spacial score (nSPS) is 11.2. The van der Waals surface area contributed by atoms with Crippen LogP contribution < -0.4 is 4.72 Å². The molecule has 0 saturated carbocycles. The van der Waals surface area contributed by atoms with Gasteiger partial charge in [-0.15, -0.1) is 11.3 Å². The number of anilines is 1. The Morgan fingerprint density at radius 2 is 2.14 bits per heavy atom. The molecule has 112 valence electrons. The number of esters is 1. The molecule has 1 N–H and O–H groups in total. The van der Waals surface area contributed by atoms with Crippen LogP contribution in [0.5, 0.6) is 0 Å². The molecule has 1 heterocycles. The molecule has 0 atom stereocenters. The lowest BCUT2D eigenvalue weighted by molar-refractivity contribution is 0.0599. The molecule has 0 amide bonds. The van der Waals surface area contributed by atoms with Crippen LogP contribution in [-0.2, 0) is 14.8 Å². The molecule has 1 aromatic carbocycles. The quantitative estimate of drug-likeness (QED) is 0.586. The van der Waals surface area contributed by atoms with E-state index in [0.717, 1.165) is 4.88 Å². The number of ether oxygens (including phenoxy) is 1. The van der Waals surface area contributed by atoms with E-state index < -0.39 is 16.0 Å². The highest BCUT2D eigenvalue weighted by Gasteiger charge is 2.20. The molecule has 0 saturated heterocycles. The van der Waals surface area contributed by atoms with Crippen LogP contribution in [0.2, 0.25) is 0 Å². The summed E-state index contributed by atoms with van der Waals surface area (Å²) < 4.78 is 32.2. The van der Waals surface area contributed by atoms with Crippen molar-refractivity contribution < 1.29 is 17.9 Å². The van der Waals surface area contributed by atoms with Crippen molar-refractivity contribution in [2.24, 2.45) is 0 Å². The van der Waals surface area contributed by atoms with Crippen molar-refractivity contribution in [2.75, 3.05) is 11.8 Å². The van der Waals surface area contributed by atoms with Gasteiger partial charge in [0.25, 0.3) is 10.0 Å². The zero-order valence-corrected chi connectivity index (χ0v) is 14.9. The van der Waals surface area contributed by atoms with Gasteiger partial charge in [-0.1, -0.05) is 0 Å². The Morgan fingerprint density at radius 3 is 2.71 bits per heavy atom. The van der Waals surface area contributed by atoms with Crippen LogP contribution in [0.15, 0.2) is 29.3 Å². The van der Waals surface area contributed by atoms with Crippen LogP contribution in [-0.4, -0.2) is 26.5 Å². The number of halogens is 1. The zero-order valence-electron chi connectivity index (χ0n) is 11.1. The van der Waals surface area contributed by atoms with Gasteiger partial charge in [-0.2, -0.15) is 0 Å². The number of sulfonamides is 1. The summed E-state index contributed by atoms with van der Waals surface area (Å²) in [5.41, 5.74) is 0.205. The Bertz CT molecular complexity index is 786. The summed E-state index contributed by atoms with van der Waals surface area (Å²) in [5.74, 6) is -0.582. The number of carbonyl (C=O) groups excluding carboxylic acids is 1. The second-order valence-electron chi connectivity index (χ2n) is 4.01. The van der Waals surface area contributed by atoms with Crippen LogP contribution in [0.1, 0.15) is 15.2 Å². The fourth-order valence-corrected chi connectivity index (χ4v) is 4.00. The Labute approximate surface area is 139 Å². The molecule has 6 nitrogen and oxygen atoms in total. The molecule has 2 rings (SSSR count). The first-order valence-electron chi connectivity index (χ1n) is 5.66. The fourth-order valence-electron chi connectivity index (χ4n) is 1.51. The maximum Gasteiger partial charge on any atom is 0.338 e. The number of thiazole rings is 1. The number of nitrogens with one attached hydrogen (secondary N) is 1. The topological polar surface area (TPSA) is 85.4 Å². The number of aromatic nitrogens is 1. The van der Waals surface area contributed by atoms with Gasteiger partial charge in [0.15, 0.2) is 5.13 Å². The monoisotopic (exact) mass is 438 g/mol. The molecular formula is C12H11IN2O4S2. The van der Waals surface area contributed by atoms with E-state index in [-0.39, 0.29) is 15.6 Å². The molecule has 0 spiro atoms. The van der Waals surface area contributed by atoms with E-state index in [0.29, 0.717) is 3.57 Å². The van der Waals surface area contributed by atoms with E-state index in [4.69, 9.17) is 0 Å². The lowest BCUT2D eigenvalue weighted by Gasteiger charge is -2.08. The SMILES string of the molecule is COC(=O)c1cc(S(=O)(=O)Nc2ncc(C)s2)ccc1I. The van der Waals surface area contributed by atoms with Gasteiger partial charge in [0.1, 0.15) is 0 Å². The predicted molar refractivity (Wildman–Crippen MR) is 88.2 cm³/mol. The van der Waals surface area contributed by atoms with E-state index in [9.17, 15) is 13.2 Å². The van der Waals surface area contributed by atoms with Crippen LogP contribution in [0.4, 0.5) is 5.13 Å². The summed E-state index contributed by atoms with van der Waals surface area (Å²) in [6.45, 7) is 1.83. The van der Waals surface area contributed by atoms with E-state index in [1.165, 1.54) is 30.6 Å². The van der Waals surface area contributed by atoms with Gasteiger partial charge >= 0.3 is 5.97 Å². The van der Waals surface area contributed by atoms with Gasteiger partial charge in [-0.3, -0.25) is 4.72 Å². The summed E-state index contributed by atoms with van der Waals surface area (Å²) in [4.78, 5) is 16.5. The third-order valence-electron chi connectivity index (χ3n) is 2.50. The highest BCUT2D eigenvalue weighted by atomic mass is 127. The van der Waals surface area contributed by atoms with Crippen molar-refractivity contribution in [3.05, 3.63) is 38.4 Å². The van der Waals surface area contributed by atoms with Crippen molar-refractivity contribution in [3.63, 3.8) is 0 Å². The van der Waals surface area contributed by atoms with E-state index in [2.05, 4.69) is 14.4 Å². The number of hydrogen-bond acceptors (Lipinski definition) is 6. The first kappa shape index (κ1) is 16.2. The molecule has 0 fully saturated rings. The molecule has 21 heavy (non-hydrogen) atoms. The second-order valence-corrected chi connectivity index (χ2v) is 8.09. The van der Waals surface area contributed by atoms with Gasteiger partial charge in [0.05, 0.1) is 17.6 Å². The fraction of sp³-hybridized carbons (Fsp3) is 0.167. The molecule has 0 radical (unpaired) electrons. The van der Waals surface area contributed by atoms with Crippen LogP contribution in [0, 0.1) is 10.5 Å². The lowest BCUT2D eigenvalue weighted by Crippen LogP contribution is -2.14. The number of aryl methyl sites for hydroxylation is 1. The van der Waals surface area contributed by atoms with Crippen molar-refractivity contribution >= 4 is 55.1 Å². The van der Waals surface area contributed by atoms with Gasteiger partial charge in [0, 0.05) is 14.6 Å². The Kier molecular flexibility index (Phi) is 4.84. The minimum Gasteiger partial charge on any atom is -0.465 e. The van der Waals surface area contributed by atoms with Crippen LogP contribution in [0.3, 0.4) is 0 Å². The van der Waals surface area contributed by atoms with Crippen molar-refractivity contribution in [1.29, 1.82) is 0 Å². The average molecular weight is 438 g/mol. The summed E-state index contributed by atoms with van der Waals surface area (Å²) in [6.07, 6.45) is 1.58. The summed E-state index contributed by atoms with van der Waals surface area (Å²) in [7, 11) is -2.55. The molecule has 0 aliphatic carbocycles. The predicted octanol–water partition coefficient (Wildman–Crippen LogP) is 2.64. The minimum atomic E-state index is -3.79. The third-order valence-corrected chi connectivity index (χ3v) is 5.73. The second kappa shape index (κ2) is 6.28. The standard InChI is InChI=1S/C12H11IN2O4S2/c1-7-6-14-12(20-7)15-21(17,18)8-3-4-10(13)9(5-8)11(16)19-2/h3-6H,1-2H3,(H,14,15). The highest BCUT2D eigenvalue weighted by Crippen LogP contribution is 2.23. The zero-order chi connectivity index (χ0) is 15.6. The van der Waals surface area contributed by atoms with Crippen LogP contribution in [0.25, 0.3) is 0 Å². The van der Waals surface area contributed by atoms with Crippen molar-refractivity contribution in [3.8, 4) is 0 Å². The maximum absolute atomic E-state index is 12.3. The third kappa shape index (κ3) is 3.71. The number of rotatable bonds is 4. The Balaban J connectivity index is 2.38. The summed E-state index contributed by atoms with van der Waals surface area (Å²) >= 11 is 3.18. The summed E-state index contributed by atoms with van der Waals surface area (Å²) in [5, 5.41) is 0.283. The average Bonchev–Trinajstić information content (AvgIpc) is 2.82. The number of benzene rings is 1. The van der Waals surface area contributed by atoms with Crippen molar-refractivity contribution in [2.45, 2.75) is 11.8 Å². The lowest BCUT2D eigenvalue weighted by atomic mass is 10.2. The Morgan fingerprint density at radius 1 is 1.43 bits per heavy atom. The van der Waals surface area contributed by atoms with E-state index >= 15 is 0 Å². The van der Waals surface area contributed by atoms with Crippen LogP contribution >= 0.6 is 33.9 Å². The molecule has 1 aromatic heterocycles. The van der Waals surface area contributed by atoms with Gasteiger partial charge in [0.2, 0.25) is 0 Å². The van der Waals surface area contributed by atoms with Gasteiger partial charge < -0.3 is 4.74 Å². The molecule has 0 bridgehead atoms. The first-order chi connectivity index (χ1) is 9.83. The number of hydrogen-bond donors (Lipinski definition) is 1. The van der Waals surface area contributed by atoms with Gasteiger partial charge in [-0.25, -0.2) is 18.2 Å². The molecule has 0 aliphatic rings. The maximum atomic E-state index is 12.3. The molecule has 9 heteroatoms. The first-order valence-corrected chi connectivity index (χ1v) is 9.04. The summed E-state index contributed by atoms with van der Waals surface area (Å²) in [6, 6.07) is 4.27. The molecule has 0 aliphatic heterocycles. The van der Waals surface area contributed by atoms with E-state index in [1.807, 2.05) is 29.5 Å². The molecular weight excluding hydrogens is 427 g/mol. The number of methoxy groups -OCH3 is 1. The Hall–Kier alpha value is -1.20. The minimum absolute atomic E-state index is 0.0174. The van der Waals surface area contributed by atoms with E-state index in [1.54, 1.807) is 12.3 Å². The number of nitrogens with zero attached hydrogens (tertiary/aromatic N) is 1. The highest BCUT2D eigenvalue weighted by molar-refractivity contribution is 14.1. The molecule has 2 aromatic rings. The van der Waals surface area contributed by atoms with Gasteiger partial charge in [-0.05, 0) is 47.7 Å². The van der Waals surface area contributed by atoms with Crippen molar-refractivity contribution in [1.82, 2.24) is 4.98 Å².